The minimum atomic E-state index is -0.908. The molecule has 1 aliphatic heterocycles. The molecule has 6 heteroatoms. The van der Waals surface area contributed by atoms with Crippen LogP contribution in [0, 0.1) is 0 Å². The maximum Gasteiger partial charge on any atom is 0.331 e. The molecular formula is C7H7N3O3. The number of carbonyl (C=O) groups is 3. The quantitative estimate of drug-likeness (QED) is 0.253. The molecule has 1 rings (SSSR count). The number of amides is 1. The highest BCUT2D eigenvalue weighted by Gasteiger charge is 2.31. The predicted molar refractivity (Wildman–Crippen MR) is 40.9 cm³/mol. The van der Waals surface area contributed by atoms with Crippen molar-refractivity contribution in [1.82, 2.24) is 5.32 Å². The fraction of sp³-hybridized carbons (Fsp3) is 0.429. The Bertz CT molecular complexity index is 317. The first-order valence-corrected chi connectivity index (χ1v) is 3.70. The molecule has 1 atom stereocenters. The molecule has 1 unspecified atom stereocenters. The summed E-state index contributed by atoms with van der Waals surface area (Å²) in [6.45, 7) is 0. The van der Waals surface area contributed by atoms with Crippen molar-refractivity contribution in [2.75, 3.05) is 0 Å². The lowest BCUT2D eigenvalue weighted by atomic mass is 10.1. The minimum Gasteiger partial charge on any atom is -0.361 e. The fourth-order valence-corrected chi connectivity index (χ4v) is 1.10. The second kappa shape index (κ2) is 3.73. The van der Waals surface area contributed by atoms with Crippen molar-refractivity contribution in [1.29, 1.82) is 0 Å². The lowest BCUT2D eigenvalue weighted by Gasteiger charge is -2.02. The minimum absolute atomic E-state index is 0.243. The van der Waals surface area contributed by atoms with E-state index in [4.69, 9.17) is 5.53 Å². The van der Waals surface area contributed by atoms with Gasteiger partial charge in [-0.1, -0.05) is 0 Å². The summed E-state index contributed by atoms with van der Waals surface area (Å²) < 4.78 is 0. The molecule has 1 amide bonds. The summed E-state index contributed by atoms with van der Waals surface area (Å²) in [4.78, 5) is 35.1. The van der Waals surface area contributed by atoms with E-state index in [0.29, 0.717) is 12.6 Å². The summed E-state index contributed by atoms with van der Waals surface area (Å²) in [7, 11) is 0. The van der Waals surface area contributed by atoms with E-state index >= 15 is 0 Å². The molecule has 0 radical (unpaired) electrons. The van der Waals surface area contributed by atoms with E-state index in [1.807, 2.05) is 0 Å². The van der Waals surface area contributed by atoms with Crippen LogP contribution in [0.2, 0.25) is 0 Å². The molecule has 6 nitrogen and oxygen atoms in total. The standard InChI is InChI=1S/C7H7N3O3/c8-9-3-5(11)7(13)4-1-2-6(12)10-4/h3-4H,1-2H2,(H,10,12). The summed E-state index contributed by atoms with van der Waals surface area (Å²) in [5.41, 5.74) is 7.99. The Labute approximate surface area is 73.5 Å². The van der Waals surface area contributed by atoms with Gasteiger partial charge in [0.25, 0.3) is 0 Å². The van der Waals surface area contributed by atoms with Gasteiger partial charge >= 0.3 is 12.0 Å². The van der Waals surface area contributed by atoms with Gasteiger partial charge in [-0.15, -0.1) is 0 Å². The van der Waals surface area contributed by atoms with Crippen molar-refractivity contribution in [2.24, 2.45) is 0 Å². The Balaban J connectivity index is 2.63. The first-order chi connectivity index (χ1) is 6.15. The van der Waals surface area contributed by atoms with Crippen LogP contribution in [-0.2, 0) is 14.4 Å². The van der Waals surface area contributed by atoms with Crippen LogP contribution in [0.15, 0.2) is 0 Å². The number of ketones is 2. The highest BCUT2D eigenvalue weighted by molar-refractivity contribution is 6.59. The molecule has 1 fully saturated rings. The van der Waals surface area contributed by atoms with E-state index in [0.717, 1.165) is 0 Å². The molecule has 0 aromatic carbocycles. The zero-order chi connectivity index (χ0) is 9.84. The normalized spacial score (nSPS) is 20.3. The van der Waals surface area contributed by atoms with E-state index < -0.39 is 17.6 Å². The lowest BCUT2D eigenvalue weighted by Crippen LogP contribution is -2.38. The molecular weight excluding hydrogens is 174 g/mol. The van der Waals surface area contributed by atoms with Crippen LogP contribution in [0.3, 0.4) is 0 Å². The summed E-state index contributed by atoms with van der Waals surface area (Å²) in [5, 5.41) is 2.34. The zero-order valence-electron chi connectivity index (χ0n) is 6.69. The Morgan fingerprint density at radius 1 is 1.62 bits per heavy atom. The summed E-state index contributed by atoms with van der Waals surface area (Å²) in [6, 6.07) is -0.752. The van der Waals surface area contributed by atoms with Crippen LogP contribution < -0.4 is 5.32 Å². The van der Waals surface area contributed by atoms with Crippen molar-refractivity contribution in [3.8, 4) is 0 Å². The molecule has 0 spiro atoms. The number of hydrogen-bond donors (Lipinski definition) is 1. The number of Topliss-reactive ketones (excluding diaryl/α,β-unsaturated/α-hetero) is 2. The van der Waals surface area contributed by atoms with Crippen molar-refractivity contribution in [2.45, 2.75) is 18.9 Å². The van der Waals surface area contributed by atoms with Gasteiger partial charge in [0.15, 0.2) is 0 Å². The third-order valence-corrected chi connectivity index (χ3v) is 1.73. The maximum absolute atomic E-state index is 11.1. The van der Waals surface area contributed by atoms with Crippen LogP contribution >= 0.6 is 0 Å². The summed E-state index contributed by atoms with van der Waals surface area (Å²) >= 11 is 0. The van der Waals surface area contributed by atoms with Gasteiger partial charge in [0.1, 0.15) is 0 Å². The first-order valence-electron chi connectivity index (χ1n) is 3.70. The van der Waals surface area contributed by atoms with E-state index in [2.05, 4.69) is 10.1 Å². The molecule has 1 aliphatic rings. The second-order valence-corrected chi connectivity index (χ2v) is 2.63. The van der Waals surface area contributed by atoms with Gasteiger partial charge in [-0.25, -0.2) is 0 Å². The topological polar surface area (TPSA) is 99.6 Å². The van der Waals surface area contributed by atoms with Crippen LogP contribution in [0.5, 0.6) is 0 Å². The Kier molecular flexibility index (Phi) is 2.66. The molecule has 0 saturated carbocycles. The van der Waals surface area contributed by atoms with Crippen LogP contribution in [0.4, 0.5) is 0 Å². The maximum atomic E-state index is 11.1. The SMILES string of the molecule is [N-]=[N+]=CC(=O)C(=O)C1CCC(=O)N1. The summed E-state index contributed by atoms with van der Waals surface area (Å²) in [5.74, 6) is -1.90. The van der Waals surface area contributed by atoms with Gasteiger partial charge in [-0.2, -0.15) is 4.79 Å². The van der Waals surface area contributed by atoms with Gasteiger partial charge in [0.05, 0.1) is 6.04 Å². The number of hydrogen-bond acceptors (Lipinski definition) is 3. The molecule has 1 heterocycles. The van der Waals surface area contributed by atoms with Gasteiger partial charge < -0.3 is 10.8 Å². The number of rotatable bonds is 3. The molecule has 1 N–H and O–H groups in total. The van der Waals surface area contributed by atoms with Crippen molar-refractivity contribution < 1.29 is 19.2 Å². The Morgan fingerprint density at radius 3 is 2.77 bits per heavy atom. The predicted octanol–water partition coefficient (Wildman–Crippen LogP) is -1.30. The zero-order valence-corrected chi connectivity index (χ0v) is 6.69. The average Bonchev–Trinajstić information content (AvgIpc) is 2.51. The van der Waals surface area contributed by atoms with Crippen molar-refractivity contribution in [3.05, 3.63) is 5.53 Å². The summed E-state index contributed by atoms with van der Waals surface area (Å²) in [6.07, 6.45) is 1.09. The molecule has 13 heavy (non-hydrogen) atoms. The van der Waals surface area contributed by atoms with Crippen LogP contribution in [-0.4, -0.2) is 34.5 Å². The monoisotopic (exact) mass is 181 g/mol. The molecule has 0 aromatic rings. The molecule has 0 aliphatic carbocycles. The highest BCUT2D eigenvalue weighted by Crippen LogP contribution is 2.07. The third kappa shape index (κ3) is 2.07. The number of carbonyl (C=O) groups excluding carboxylic acids is 3. The van der Waals surface area contributed by atoms with Crippen LogP contribution in [0.25, 0.3) is 5.53 Å². The molecule has 1 saturated heterocycles. The highest BCUT2D eigenvalue weighted by atomic mass is 16.2. The molecule has 0 aromatic heterocycles. The van der Waals surface area contributed by atoms with Gasteiger partial charge in [-0.3, -0.25) is 14.4 Å². The van der Waals surface area contributed by atoms with Gasteiger partial charge in [-0.05, 0) is 6.42 Å². The Hall–Kier alpha value is -1.81. The van der Waals surface area contributed by atoms with Crippen molar-refractivity contribution >= 4 is 23.7 Å². The fourth-order valence-electron chi connectivity index (χ4n) is 1.10. The molecule has 68 valence electrons. The number of nitrogens with zero attached hydrogens (tertiary/aromatic N) is 2. The smallest absolute Gasteiger partial charge is 0.331 e. The lowest BCUT2D eigenvalue weighted by molar-refractivity contribution is -0.135. The van der Waals surface area contributed by atoms with E-state index in [1.54, 1.807) is 0 Å². The van der Waals surface area contributed by atoms with Gasteiger partial charge in [0, 0.05) is 6.42 Å². The van der Waals surface area contributed by atoms with Crippen molar-refractivity contribution in [3.63, 3.8) is 0 Å². The van der Waals surface area contributed by atoms with E-state index in [1.165, 1.54) is 0 Å². The van der Waals surface area contributed by atoms with E-state index in [9.17, 15) is 14.4 Å². The third-order valence-electron chi connectivity index (χ3n) is 1.73. The van der Waals surface area contributed by atoms with E-state index in [-0.39, 0.29) is 12.3 Å². The second-order valence-electron chi connectivity index (χ2n) is 2.63. The largest absolute Gasteiger partial charge is 0.361 e. The Morgan fingerprint density at radius 2 is 2.31 bits per heavy atom. The molecule has 0 bridgehead atoms. The van der Waals surface area contributed by atoms with Crippen LogP contribution in [0.1, 0.15) is 12.8 Å². The average molecular weight is 181 g/mol. The van der Waals surface area contributed by atoms with Gasteiger partial charge in [0.2, 0.25) is 11.7 Å². The number of nitrogens with one attached hydrogen (secondary N) is 1. The first kappa shape index (κ1) is 9.28.